The number of benzene rings is 1. The Morgan fingerprint density at radius 3 is 2.25 bits per heavy atom. The molecule has 0 radical (unpaired) electrons. The fourth-order valence-corrected chi connectivity index (χ4v) is 4.40. The summed E-state index contributed by atoms with van der Waals surface area (Å²) in [6.07, 6.45) is 7.67. The Morgan fingerprint density at radius 2 is 1.75 bits per heavy atom. The number of hydrogen-bond acceptors (Lipinski definition) is 4. The number of rotatable bonds is 5. The predicted octanol–water partition coefficient (Wildman–Crippen LogP) is 4.90. The minimum absolute atomic E-state index is 0.102. The summed E-state index contributed by atoms with van der Waals surface area (Å²) in [6.45, 7) is 16.6. The molecular weight excluding hydrogens is 364 g/mol. The lowest BCUT2D eigenvalue weighted by Crippen LogP contribution is -2.31. The van der Waals surface area contributed by atoms with Crippen molar-refractivity contribution in [2.45, 2.75) is 52.4 Å². The SMILES string of the molecule is C#CCN(C)CCN1CSC(=Cc2cc(C(C)(C)C)c(O)c(C(C)(C)C)c2)C1. The van der Waals surface area contributed by atoms with Crippen molar-refractivity contribution >= 4 is 17.8 Å². The van der Waals surface area contributed by atoms with Crippen molar-refractivity contribution in [2.75, 3.05) is 39.1 Å². The first kappa shape index (κ1) is 22.9. The lowest BCUT2D eigenvalue weighted by atomic mass is 9.78. The number of hydrogen-bond donors (Lipinski definition) is 1. The quantitative estimate of drug-likeness (QED) is 0.711. The molecule has 1 aromatic rings. The van der Waals surface area contributed by atoms with Crippen LogP contribution in [0.4, 0.5) is 0 Å². The minimum Gasteiger partial charge on any atom is -0.507 e. The van der Waals surface area contributed by atoms with Gasteiger partial charge in [-0.05, 0) is 41.6 Å². The molecule has 1 aliphatic rings. The molecule has 28 heavy (non-hydrogen) atoms. The van der Waals surface area contributed by atoms with E-state index in [4.69, 9.17) is 6.42 Å². The number of phenols is 1. The summed E-state index contributed by atoms with van der Waals surface area (Å²) in [4.78, 5) is 6.02. The summed E-state index contributed by atoms with van der Waals surface area (Å²) in [5.74, 6) is 4.16. The Kier molecular flexibility index (Phi) is 7.31. The third-order valence-corrected chi connectivity index (χ3v) is 6.16. The van der Waals surface area contributed by atoms with E-state index in [1.54, 1.807) is 0 Å². The maximum absolute atomic E-state index is 10.9. The first-order chi connectivity index (χ1) is 12.9. The van der Waals surface area contributed by atoms with Gasteiger partial charge in [-0.3, -0.25) is 9.80 Å². The standard InChI is InChI=1S/C24H36N2OS/c1-9-10-25(8)11-12-26-16-19(28-17-26)13-18-14-20(23(2,3)4)22(27)21(15-18)24(5,6)7/h1,13-15,27H,10-12,16-17H2,2-8H3. The Morgan fingerprint density at radius 1 is 1.18 bits per heavy atom. The van der Waals surface area contributed by atoms with Gasteiger partial charge in [-0.2, -0.15) is 0 Å². The highest BCUT2D eigenvalue weighted by molar-refractivity contribution is 8.03. The molecule has 0 unspecified atom stereocenters. The number of aromatic hydroxyl groups is 1. The van der Waals surface area contributed by atoms with Gasteiger partial charge in [0.2, 0.25) is 0 Å². The number of phenolic OH excluding ortho intramolecular Hbond substituents is 1. The maximum Gasteiger partial charge on any atom is 0.123 e. The summed E-state index contributed by atoms with van der Waals surface area (Å²) < 4.78 is 0. The molecule has 1 saturated heterocycles. The zero-order chi connectivity index (χ0) is 21.1. The topological polar surface area (TPSA) is 26.7 Å². The van der Waals surface area contributed by atoms with Gasteiger partial charge in [0.1, 0.15) is 5.75 Å². The van der Waals surface area contributed by atoms with Crippen molar-refractivity contribution in [2.24, 2.45) is 0 Å². The normalized spacial score (nSPS) is 17.5. The van der Waals surface area contributed by atoms with Crippen molar-refractivity contribution in [3.8, 4) is 18.1 Å². The Hall–Kier alpha value is -1.41. The molecule has 2 rings (SSSR count). The molecular formula is C24H36N2OS. The van der Waals surface area contributed by atoms with Crippen molar-refractivity contribution in [3.63, 3.8) is 0 Å². The second kappa shape index (κ2) is 8.95. The van der Waals surface area contributed by atoms with E-state index in [-0.39, 0.29) is 10.8 Å². The van der Waals surface area contributed by atoms with Crippen molar-refractivity contribution in [1.82, 2.24) is 9.80 Å². The summed E-state index contributed by atoms with van der Waals surface area (Å²) >= 11 is 1.91. The van der Waals surface area contributed by atoms with Crippen LogP contribution in [0, 0.1) is 12.3 Å². The molecule has 0 aromatic heterocycles. The zero-order valence-electron chi connectivity index (χ0n) is 18.6. The molecule has 0 aliphatic carbocycles. The second-order valence-corrected chi connectivity index (χ2v) is 10.9. The van der Waals surface area contributed by atoms with E-state index in [1.165, 1.54) is 10.5 Å². The largest absolute Gasteiger partial charge is 0.507 e. The van der Waals surface area contributed by atoms with E-state index < -0.39 is 0 Å². The number of terminal acetylenes is 1. The number of thioether (sulfide) groups is 1. The van der Waals surface area contributed by atoms with Crippen LogP contribution in [0.2, 0.25) is 0 Å². The zero-order valence-corrected chi connectivity index (χ0v) is 19.4. The van der Waals surface area contributed by atoms with Crippen molar-refractivity contribution < 1.29 is 5.11 Å². The minimum atomic E-state index is -0.102. The smallest absolute Gasteiger partial charge is 0.123 e. The van der Waals surface area contributed by atoms with E-state index in [0.29, 0.717) is 12.3 Å². The van der Waals surface area contributed by atoms with E-state index in [2.05, 4.69) is 82.5 Å². The molecule has 154 valence electrons. The van der Waals surface area contributed by atoms with Gasteiger partial charge in [0, 0.05) is 41.5 Å². The van der Waals surface area contributed by atoms with E-state index in [0.717, 1.165) is 36.6 Å². The van der Waals surface area contributed by atoms with Crippen LogP contribution >= 0.6 is 11.8 Å². The fraction of sp³-hybridized carbons (Fsp3) is 0.583. The lowest BCUT2D eigenvalue weighted by Gasteiger charge is -2.28. The van der Waals surface area contributed by atoms with Gasteiger partial charge in [-0.1, -0.05) is 47.5 Å². The molecule has 1 heterocycles. The summed E-state index contributed by atoms with van der Waals surface area (Å²) in [5.41, 5.74) is 3.01. The van der Waals surface area contributed by atoms with Gasteiger partial charge in [-0.15, -0.1) is 18.2 Å². The van der Waals surface area contributed by atoms with Crippen molar-refractivity contribution in [1.29, 1.82) is 0 Å². The van der Waals surface area contributed by atoms with Crippen LogP contribution in [-0.2, 0) is 10.8 Å². The summed E-state index contributed by atoms with van der Waals surface area (Å²) in [6, 6.07) is 4.31. The summed E-state index contributed by atoms with van der Waals surface area (Å²) in [7, 11) is 2.07. The van der Waals surface area contributed by atoms with Crippen LogP contribution in [0.5, 0.6) is 5.75 Å². The molecule has 0 atom stereocenters. The Bertz CT molecular complexity index is 727. The first-order valence-corrected chi connectivity index (χ1v) is 11.0. The van der Waals surface area contributed by atoms with Crippen LogP contribution < -0.4 is 0 Å². The van der Waals surface area contributed by atoms with Crippen LogP contribution in [0.3, 0.4) is 0 Å². The molecule has 0 amide bonds. The molecule has 1 fully saturated rings. The highest BCUT2D eigenvalue weighted by Crippen LogP contribution is 2.40. The van der Waals surface area contributed by atoms with Gasteiger partial charge in [-0.25, -0.2) is 0 Å². The van der Waals surface area contributed by atoms with Gasteiger partial charge in [0.15, 0.2) is 0 Å². The Labute approximate surface area is 176 Å². The molecule has 0 spiro atoms. The monoisotopic (exact) mass is 400 g/mol. The molecule has 1 N–H and O–H groups in total. The van der Waals surface area contributed by atoms with Crippen molar-refractivity contribution in [3.05, 3.63) is 33.7 Å². The van der Waals surface area contributed by atoms with Gasteiger partial charge in [0.25, 0.3) is 0 Å². The third-order valence-electron chi connectivity index (χ3n) is 5.05. The number of nitrogens with zero attached hydrogens (tertiary/aromatic N) is 2. The Balaban J connectivity index is 2.23. The molecule has 0 bridgehead atoms. The van der Waals surface area contributed by atoms with Crippen LogP contribution in [-0.4, -0.2) is 54.0 Å². The van der Waals surface area contributed by atoms with E-state index in [9.17, 15) is 5.11 Å². The van der Waals surface area contributed by atoms with E-state index in [1.807, 2.05) is 11.8 Å². The average molecular weight is 401 g/mol. The second-order valence-electron chi connectivity index (χ2n) is 9.84. The van der Waals surface area contributed by atoms with Gasteiger partial charge >= 0.3 is 0 Å². The highest BCUT2D eigenvalue weighted by Gasteiger charge is 2.26. The van der Waals surface area contributed by atoms with Crippen LogP contribution in [0.15, 0.2) is 17.0 Å². The summed E-state index contributed by atoms with van der Waals surface area (Å²) in [5, 5.41) is 10.9. The van der Waals surface area contributed by atoms with Gasteiger partial charge < -0.3 is 5.11 Å². The predicted molar refractivity (Wildman–Crippen MR) is 124 cm³/mol. The molecule has 3 nitrogen and oxygen atoms in total. The third kappa shape index (κ3) is 6.04. The van der Waals surface area contributed by atoms with Crippen LogP contribution in [0.25, 0.3) is 6.08 Å². The molecule has 4 heteroatoms. The lowest BCUT2D eigenvalue weighted by molar-refractivity contribution is 0.286. The highest BCUT2D eigenvalue weighted by atomic mass is 32.2. The molecule has 1 aromatic carbocycles. The average Bonchev–Trinajstić information content (AvgIpc) is 3.00. The van der Waals surface area contributed by atoms with Gasteiger partial charge in [0.05, 0.1) is 6.54 Å². The van der Waals surface area contributed by atoms with Crippen LogP contribution in [0.1, 0.15) is 58.2 Å². The maximum atomic E-state index is 10.9. The first-order valence-electron chi connectivity index (χ1n) is 9.97. The molecule has 1 aliphatic heterocycles. The fourth-order valence-electron chi connectivity index (χ4n) is 3.33. The molecule has 0 saturated carbocycles. The number of likely N-dealkylation sites (N-methyl/N-ethyl adjacent to an activating group) is 1. The van der Waals surface area contributed by atoms with E-state index >= 15 is 0 Å².